The van der Waals surface area contributed by atoms with Gasteiger partial charge < -0.3 is 90.6 Å². The second kappa shape index (κ2) is 32.0. The van der Waals surface area contributed by atoms with Crippen molar-refractivity contribution in [3.63, 3.8) is 0 Å². The molecule has 0 bridgehead atoms. The molecule has 1 fully saturated rings. The molecular formula is C43H73N13O17. The Morgan fingerprint density at radius 1 is 0.630 bits per heavy atom. The van der Waals surface area contributed by atoms with E-state index in [0.29, 0.717) is 25.8 Å². The highest BCUT2D eigenvalue weighted by Crippen LogP contribution is 2.20. The Morgan fingerprint density at radius 2 is 1.15 bits per heavy atom. The van der Waals surface area contributed by atoms with Crippen LogP contribution in [-0.4, -0.2) is 188 Å². The molecule has 30 heteroatoms. The number of carboxylic acids is 4. The first-order valence-electron chi connectivity index (χ1n) is 23.7. The molecule has 20 N–H and O–H groups in total. The first-order chi connectivity index (χ1) is 34.1. The Hall–Kier alpha value is -7.21. The fourth-order valence-electron chi connectivity index (χ4n) is 7.32. The van der Waals surface area contributed by atoms with Crippen molar-refractivity contribution in [3.8, 4) is 0 Å². The third-order valence-corrected chi connectivity index (χ3v) is 11.6. The Bertz CT molecular complexity index is 2000. The number of nitrogens with two attached hydrogens (primary N) is 4. The Kier molecular flexibility index (Phi) is 28.0. The van der Waals surface area contributed by atoms with E-state index in [9.17, 15) is 83.1 Å². The van der Waals surface area contributed by atoms with Crippen molar-refractivity contribution < 1.29 is 83.1 Å². The molecule has 1 saturated heterocycles. The van der Waals surface area contributed by atoms with Gasteiger partial charge in [0.15, 0.2) is 5.96 Å². The SMILES string of the molecule is CC[C@H](C)[C@H](NC(=O)[C@@H](NC(=O)[C@H](CCCN=C(N)N)NC(=O)[C@@H]1CCCN1C(=O)[C@H](C)NC(=O)[C@H](CC(=O)O)NC(=O)[C@H](CC(=O)O)NC(=O)[C@H](CCC(=O)O)NC(=O)[C@@H](N)CCCCN)[C@@H](C)O)C(=O)O. The van der Waals surface area contributed by atoms with Gasteiger partial charge in [-0.05, 0) is 71.3 Å². The summed E-state index contributed by atoms with van der Waals surface area (Å²) in [6.07, 6.45) is -3.34. The highest BCUT2D eigenvalue weighted by atomic mass is 16.4. The monoisotopic (exact) mass is 1040 g/mol. The summed E-state index contributed by atoms with van der Waals surface area (Å²) in [4.78, 5) is 160. The maximum Gasteiger partial charge on any atom is 0.326 e. The van der Waals surface area contributed by atoms with Gasteiger partial charge in [-0.2, -0.15) is 0 Å². The standard InChI is InChI=1S/C43H73N13O17/c1-5-20(2)32(42(72)73)54-40(70)33(22(4)57)55-36(66)24(11-8-16-48-43(46)47)51-39(69)28-12-9-17-56(28)41(71)21(3)49-37(67)26(18-30(60)61)53-38(68)27(19-31(62)63)52-35(65)25(13-14-29(58)59)50-34(64)23(45)10-6-7-15-44/h20-28,32-33,57H,5-19,44-45H2,1-4H3,(H,49,67)(H,50,64)(H,51,69)(H,52,65)(H,53,68)(H,54,70)(H,55,66)(H,58,59)(H,60,61)(H,62,63)(H,72,73)(H4,46,47,48)/t20-,21-,22+,23-,24-,25-,26-,27-,28-,32-,33-/m0/s1. The number of aliphatic hydroxyl groups is 1. The molecule has 0 radical (unpaired) electrons. The predicted molar refractivity (Wildman–Crippen MR) is 255 cm³/mol. The van der Waals surface area contributed by atoms with Crippen molar-refractivity contribution in [2.45, 2.75) is 165 Å². The van der Waals surface area contributed by atoms with Crippen LogP contribution in [0.3, 0.4) is 0 Å². The minimum atomic E-state index is -2.04. The molecule has 1 rings (SSSR count). The zero-order valence-corrected chi connectivity index (χ0v) is 41.3. The molecule has 0 aromatic rings. The Labute approximate surface area is 420 Å². The number of unbranched alkanes of at least 4 members (excludes halogenated alkanes) is 1. The molecule has 1 heterocycles. The van der Waals surface area contributed by atoms with E-state index in [4.69, 9.17) is 22.9 Å². The van der Waals surface area contributed by atoms with Crippen molar-refractivity contribution in [1.82, 2.24) is 42.1 Å². The third kappa shape index (κ3) is 22.8. The second-order valence-electron chi connectivity index (χ2n) is 17.6. The average molecular weight is 1040 g/mol. The van der Waals surface area contributed by atoms with Crippen LogP contribution in [0.2, 0.25) is 0 Å². The average Bonchev–Trinajstić information content (AvgIpc) is 3.80. The number of nitrogens with one attached hydrogen (secondary N) is 7. The summed E-state index contributed by atoms with van der Waals surface area (Å²) in [5.74, 6) is -15.4. The normalized spacial score (nSPS) is 17.2. The highest BCUT2D eigenvalue weighted by molar-refractivity contribution is 5.99. The van der Waals surface area contributed by atoms with Crippen molar-refractivity contribution in [1.29, 1.82) is 0 Å². The van der Waals surface area contributed by atoms with Crippen LogP contribution in [0.4, 0.5) is 0 Å². The van der Waals surface area contributed by atoms with Gasteiger partial charge in [0.25, 0.3) is 0 Å². The largest absolute Gasteiger partial charge is 0.481 e. The van der Waals surface area contributed by atoms with Crippen LogP contribution in [0.1, 0.15) is 105 Å². The van der Waals surface area contributed by atoms with Gasteiger partial charge in [-0.1, -0.05) is 26.7 Å². The summed E-state index contributed by atoms with van der Waals surface area (Å²) in [5, 5.41) is 64.4. The van der Waals surface area contributed by atoms with Crippen LogP contribution in [0.15, 0.2) is 4.99 Å². The summed E-state index contributed by atoms with van der Waals surface area (Å²) in [7, 11) is 0. The van der Waals surface area contributed by atoms with Gasteiger partial charge in [0.1, 0.15) is 48.3 Å². The van der Waals surface area contributed by atoms with Gasteiger partial charge in [-0.3, -0.25) is 57.7 Å². The first-order valence-corrected chi connectivity index (χ1v) is 23.7. The number of carbonyl (C=O) groups is 12. The number of carboxylic acid groups (broad SMARTS) is 4. The number of guanidine groups is 1. The van der Waals surface area contributed by atoms with E-state index in [1.54, 1.807) is 13.8 Å². The summed E-state index contributed by atoms with van der Waals surface area (Å²) < 4.78 is 0. The molecular weight excluding hydrogens is 971 g/mol. The fraction of sp³-hybridized carbons (Fsp3) is 0.698. The lowest BCUT2D eigenvalue weighted by atomic mass is 9.98. The number of rotatable bonds is 34. The van der Waals surface area contributed by atoms with Gasteiger partial charge in [0, 0.05) is 19.5 Å². The number of aliphatic carboxylic acids is 4. The third-order valence-electron chi connectivity index (χ3n) is 11.6. The molecule has 8 amide bonds. The molecule has 0 aromatic heterocycles. The van der Waals surface area contributed by atoms with Gasteiger partial charge in [0.2, 0.25) is 47.3 Å². The van der Waals surface area contributed by atoms with Crippen molar-refractivity contribution >= 4 is 77.1 Å². The highest BCUT2D eigenvalue weighted by Gasteiger charge is 2.40. The smallest absolute Gasteiger partial charge is 0.326 e. The molecule has 0 unspecified atom stereocenters. The number of hydrogen-bond acceptors (Lipinski definition) is 16. The maximum absolute atomic E-state index is 13.9. The minimum absolute atomic E-state index is 0.0121. The number of aliphatic hydroxyl groups excluding tert-OH is 1. The number of nitrogens with zero attached hydrogens (tertiary/aromatic N) is 2. The fourth-order valence-corrected chi connectivity index (χ4v) is 7.32. The van der Waals surface area contributed by atoms with Crippen LogP contribution >= 0.6 is 0 Å². The molecule has 11 atom stereocenters. The number of hydrogen-bond donors (Lipinski definition) is 16. The topological polar surface area (TPSA) is 510 Å². The van der Waals surface area contributed by atoms with Crippen LogP contribution < -0.4 is 60.2 Å². The van der Waals surface area contributed by atoms with E-state index in [1.807, 2.05) is 5.32 Å². The predicted octanol–water partition coefficient (Wildman–Crippen LogP) is -5.77. The molecule has 73 heavy (non-hydrogen) atoms. The summed E-state index contributed by atoms with van der Waals surface area (Å²) >= 11 is 0. The lowest BCUT2D eigenvalue weighted by Crippen LogP contribution is -2.61. The molecule has 1 aliphatic rings. The number of amides is 8. The number of likely N-dealkylation sites (tertiary alicyclic amines) is 1. The number of carbonyl (C=O) groups excluding carboxylic acids is 8. The Balaban J connectivity index is 3.32. The van der Waals surface area contributed by atoms with Crippen LogP contribution in [0.25, 0.3) is 0 Å². The molecule has 30 nitrogen and oxygen atoms in total. The van der Waals surface area contributed by atoms with Crippen LogP contribution in [0.5, 0.6) is 0 Å². The zero-order chi connectivity index (χ0) is 55.7. The van der Waals surface area contributed by atoms with Crippen molar-refractivity contribution in [2.24, 2.45) is 33.8 Å². The zero-order valence-electron chi connectivity index (χ0n) is 41.3. The van der Waals surface area contributed by atoms with E-state index in [0.717, 1.165) is 4.90 Å². The summed E-state index contributed by atoms with van der Waals surface area (Å²) in [6, 6.07) is -14.2. The van der Waals surface area contributed by atoms with E-state index in [-0.39, 0.29) is 51.2 Å². The van der Waals surface area contributed by atoms with Crippen LogP contribution in [0, 0.1) is 5.92 Å². The minimum Gasteiger partial charge on any atom is -0.481 e. The maximum atomic E-state index is 13.9. The lowest BCUT2D eigenvalue weighted by molar-refractivity contribution is -0.145. The Morgan fingerprint density at radius 3 is 1.66 bits per heavy atom. The molecule has 1 aliphatic heterocycles. The van der Waals surface area contributed by atoms with Crippen LogP contribution in [-0.2, 0) is 57.5 Å². The van der Waals surface area contributed by atoms with Crippen molar-refractivity contribution in [2.75, 3.05) is 19.6 Å². The first kappa shape index (κ1) is 63.8. The van der Waals surface area contributed by atoms with E-state index in [1.165, 1.54) is 13.8 Å². The summed E-state index contributed by atoms with van der Waals surface area (Å²) in [6.45, 7) is 5.87. The van der Waals surface area contributed by atoms with E-state index < -0.39 is 163 Å². The van der Waals surface area contributed by atoms with Gasteiger partial charge in [-0.25, -0.2) is 4.79 Å². The second-order valence-corrected chi connectivity index (χ2v) is 17.6. The number of aliphatic imine (C=N–C) groups is 1. The van der Waals surface area contributed by atoms with Gasteiger partial charge >= 0.3 is 23.9 Å². The van der Waals surface area contributed by atoms with E-state index in [2.05, 4.69) is 36.9 Å². The van der Waals surface area contributed by atoms with Gasteiger partial charge in [-0.15, -0.1) is 0 Å². The lowest BCUT2D eigenvalue weighted by Gasteiger charge is -2.30. The quantitative estimate of drug-likeness (QED) is 0.0162. The molecule has 0 saturated carbocycles. The molecule has 0 aliphatic carbocycles. The summed E-state index contributed by atoms with van der Waals surface area (Å²) in [5.41, 5.74) is 22.2. The van der Waals surface area contributed by atoms with Gasteiger partial charge in [0.05, 0.1) is 25.0 Å². The molecule has 0 spiro atoms. The molecule has 412 valence electrons. The van der Waals surface area contributed by atoms with E-state index >= 15 is 0 Å². The van der Waals surface area contributed by atoms with Crippen molar-refractivity contribution in [3.05, 3.63) is 0 Å². The molecule has 0 aromatic carbocycles.